The van der Waals surface area contributed by atoms with Gasteiger partial charge in [-0.2, -0.15) is 5.26 Å². The van der Waals surface area contributed by atoms with Gasteiger partial charge in [0.1, 0.15) is 23.2 Å². The third-order valence-corrected chi connectivity index (χ3v) is 4.20. The van der Waals surface area contributed by atoms with Gasteiger partial charge in [-0.05, 0) is 41.9 Å². The number of carbonyl (C=O) groups is 1. The number of benzene rings is 1. The first-order valence-electron chi connectivity index (χ1n) is 6.72. The van der Waals surface area contributed by atoms with Crippen LogP contribution in [0.25, 0.3) is 16.3 Å². The number of nitrogens with zero attached hydrogens (tertiary/aromatic N) is 2. The minimum atomic E-state index is -0.573. The summed E-state index contributed by atoms with van der Waals surface area (Å²) in [6.07, 6.45) is 1.32. The summed E-state index contributed by atoms with van der Waals surface area (Å²) in [7, 11) is 1.58. The quantitative estimate of drug-likeness (QED) is 0.559. The Hall–Kier alpha value is -2.82. The summed E-state index contributed by atoms with van der Waals surface area (Å²) < 4.78 is 11.1. The predicted octanol–water partition coefficient (Wildman–Crippen LogP) is 4.10. The number of hydrogen-bond acceptors (Lipinski definition) is 6. The number of hydrogen-bond donors (Lipinski definition) is 1. The summed E-state index contributed by atoms with van der Waals surface area (Å²) in [4.78, 5) is 16.5. The standard InChI is InChI=1S/C16H10ClN3O3S/c1-22-10-2-4-12-13(7-10)24-16(19-12)20-15(21)9(8-18)6-11-3-5-14(17)23-11/h2-7H,1H3,(H,19,20,21). The smallest absolute Gasteiger partial charge is 0.268 e. The van der Waals surface area contributed by atoms with E-state index < -0.39 is 5.91 Å². The zero-order valence-corrected chi connectivity index (χ0v) is 13.9. The number of fused-ring (bicyclic) bond motifs is 1. The van der Waals surface area contributed by atoms with Gasteiger partial charge in [0.2, 0.25) is 0 Å². The number of carbonyl (C=O) groups excluding carboxylic acids is 1. The van der Waals surface area contributed by atoms with Crippen LogP contribution in [0.4, 0.5) is 5.13 Å². The normalized spacial score (nSPS) is 11.3. The SMILES string of the molecule is COc1ccc2nc(NC(=O)C(C#N)=Cc3ccc(Cl)o3)sc2c1. The Kier molecular flexibility index (Phi) is 4.51. The van der Waals surface area contributed by atoms with E-state index in [2.05, 4.69) is 10.3 Å². The minimum Gasteiger partial charge on any atom is -0.497 e. The molecule has 0 aliphatic rings. The molecule has 0 aliphatic carbocycles. The van der Waals surface area contributed by atoms with Crippen molar-refractivity contribution in [1.29, 1.82) is 5.26 Å². The van der Waals surface area contributed by atoms with Gasteiger partial charge in [-0.3, -0.25) is 10.1 Å². The second-order valence-electron chi connectivity index (χ2n) is 4.62. The Balaban J connectivity index is 1.83. The minimum absolute atomic E-state index is 0.113. The fourth-order valence-corrected chi connectivity index (χ4v) is 2.99. The zero-order valence-electron chi connectivity index (χ0n) is 12.4. The van der Waals surface area contributed by atoms with Gasteiger partial charge in [0.25, 0.3) is 5.91 Å². The molecule has 1 amide bonds. The van der Waals surface area contributed by atoms with Gasteiger partial charge in [-0.15, -0.1) is 0 Å². The lowest BCUT2D eigenvalue weighted by molar-refractivity contribution is -0.112. The van der Waals surface area contributed by atoms with Crippen molar-refractivity contribution in [2.45, 2.75) is 0 Å². The second kappa shape index (κ2) is 6.74. The molecule has 8 heteroatoms. The molecule has 0 spiro atoms. The molecule has 6 nitrogen and oxygen atoms in total. The molecule has 120 valence electrons. The highest BCUT2D eigenvalue weighted by atomic mass is 35.5. The number of amides is 1. The van der Waals surface area contributed by atoms with Crippen LogP contribution in [0.2, 0.25) is 5.22 Å². The molecule has 0 aliphatic heterocycles. The first-order valence-corrected chi connectivity index (χ1v) is 7.91. The molecule has 3 aromatic rings. The van der Waals surface area contributed by atoms with E-state index in [0.29, 0.717) is 16.6 Å². The van der Waals surface area contributed by atoms with Crippen LogP contribution < -0.4 is 10.1 Å². The van der Waals surface area contributed by atoms with Gasteiger partial charge in [-0.1, -0.05) is 11.3 Å². The zero-order chi connectivity index (χ0) is 17.1. The Morgan fingerprint density at radius 1 is 1.46 bits per heavy atom. The molecule has 24 heavy (non-hydrogen) atoms. The van der Waals surface area contributed by atoms with E-state index in [9.17, 15) is 4.79 Å². The van der Waals surface area contributed by atoms with Gasteiger partial charge in [0.15, 0.2) is 10.4 Å². The molecule has 0 saturated heterocycles. The average molecular weight is 360 g/mol. The number of nitriles is 1. The van der Waals surface area contributed by atoms with Crippen LogP contribution in [-0.4, -0.2) is 18.0 Å². The van der Waals surface area contributed by atoms with Crippen LogP contribution >= 0.6 is 22.9 Å². The Bertz CT molecular complexity index is 984. The molecular weight excluding hydrogens is 350 g/mol. The van der Waals surface area contributed by atoms with Crippen LogP contribution in [0, 0.1) is 11.3 Å². The Morgan fingerprint density at radius 3 is 2.96 bits per heavy atom. The van der Waals surface area contributed by atoms with Gasteiger partial charge < -0.3 is 9.15 Å². The molecule has 0 fully saturated rings. The maximum atomic E-state index is 12.2. The van der Waals surface area contributed by atoms with Crippen molar-refractivity contribution in [1.82, 2.24) is 4.98 Å². The highest BCUT2D eigenvalue weighted by Crippen LogP contribution is 2.29. The number of ether oxygens (including phenoxy) is 1. The van der Waals surface area contributed by atoms with Crippen molar-refractivity contribution in [3.8, 4) is 11.8 Å². The molecular formula is C16H10ClN3O3S. The second-order valence-corrected chi connectivity index (χ2v) is 6.02. The van der Waals surface area contributed by atoms with E-state index in [0.717, 1.165) is 10.2 Å². The van der Waals surface area contributed by atoms with Crippen LogP contribution in [-0.2, 0) is 4.79 Å². The molecule has 0 atom stereocenters. The monoisotopic (exact) mass is 359 g/mol. The molecule has 3 rings (SSSR count). The lowest BCUT2D eigenvalue weighted by Gasteiger charge is -1.98. The van der Waals surface area contributed by atoms with Crippen molar-refractivity contribution in [2.24, 2.45) is 0 Å². The predicted molar refractivity (Wildman–Crippen MR) is 92.1 cm³/mol. The molecule has 0 radical (unpaired) electrons. The van der Waals surface area contributed by atoms with E-state index in [-0.39, 0.29) is 10.8 Å². The summed E-state index contributed by atoms with van der Waals surface area (Å²) in [5.41, 5.74) is 0.620. The number of furan rings is 1. The molecule has 2 heterocycles. The van der Waals surface area contributed by atoms with Crippen molar-refractivity contribution in [2.75, 3.05) is 12.4 Å². The Labute approximate surface area is 145 Å². The molecule has 0 saturated carbocycles. The van der Waals surface area contributed by atoms with E-state index in [1.165, 1.54) is 23.5 Å². The number of halogens is 1. The van der Waals surface area contributed by atoms with E-state index >= 15 is 0 Å². The highest BCUT2D eigenvalue weighted by molar-refractivity contribution is 7.22. The van der Waals surface area contributed by atoms with Crippen molar-refractivity contribution >= 4 is 50.3 Å². The summed E-state index contributed by atoms with van der Waals surface area (Å²) in [5, 5.41) is 12.3. The highest BCUT2D eigenvalue weighted by Gasteiger charge is 2.13. The van der Waals surface area contributed by atoms with Crippen LogP contribution in [0.15, 0.2) is 40.3 Å². The summed E-state index contributed by atoms with van der Waals surface area (Å²) in [6.45, 7) is 0. The number of aromatic nitrogens is 1. The average Bonchev–Trinajstić information content (AvgIpc) is 3.16. The van der Waals surface area contributed by atoms with Gasteiger partial charge in [0, 0.05) is 6.08 Å². The first-order chi connectivity index (χ1) is 11.6. The maximum Gasteiger partial charge on any atom is 0.268 e. The maximum absolute atomic E-state index is 12.2. The van der Waals surface area contributed by atoms with Crippen LogP contribution in [0.5, 0.6) is 5.75 Å². The lowest BCUT2D eigenvalue weighted by Crippen LogP contribution is -2.13. The number of nitrogens with one attached hydrogen (secondary N) is 1. The van der Waals surface area contributed by atoms with Crippen molar-refractivity contribution in [3.05, 3.63) is 46.9 Å². The summed E-state index contributed by atoms with van der Waals surface area (Å²) in [6, 6.07) is 10.3. The largest absolute Gasteiger partial charge is 0.497 e. The molecule has 0 unspecified atom stereocenters. The fraction of sp³-hybridized carbons (Fsp3) is 0.0625. The van der Waals surface area contributed by atoms with Gasteiger partial charge in [0.05, 0.1) is 17.3 Å². The van der Waals surface area contributed by atoms with Crippen molar-refractivity contribution in [3.63, 3.8) is 0 Å². The van der Waals surface area contributed by atoms with Gasteiger partial charge in [-0.25, -0.2) is 4.98 Å². The third-order valence-electron chi connectivity index (χ3n) is 3.06. The summed E-state index contributed by atoms with van der Waals surface area (Å²) in [5.74, 6) is 0.452. The lowest BCUT2D eigenvalue weighted by atomic mass is 10.2. The fourth-order valence-electron chi connectivity index (χ4n) is 1.95. The van der Waals surface area contributed by atoms with Crippen LogP contribution in [0.3, 0.4) is 0 Å². The van der Waals surface area contributed by atoms with Crippen molar-refractivity contribution < 1.29 is 13.9 Å². The molecule has 0 bridgehead atoms. The number of rotatable bonds is 4. The summed E-state index contributed by atoms with van der Waals surface area (Å²) >= 11 is 6.96. The molecule has 2 aromatic heterocycles. The molecule has 1 aromatic carbocycles. The van der Waals surface area contributed by atoms with E-state index in [1.54, 1.807) is 25.3 Å². The Morgan fingerprint density at radius 2 is 2.29 bits per heavy atom. The van der Waals surface area contributed by atoms with E-state index in [4.69, 9.17) is 26.0 Å². The number of anilines is 1. The topological polar surface area (TPSA) is 88.1 Å². The molecule has 1 N–H and O–H groups in total. The van der Waals surface area contributed by atoms with Gasteiger partial charge >= 0.3 is 0 Å². The van der Waals surface area contributed by atoms with Crippen LogP contribution in [0.1, 0.15) is 5.76 Å². The third kappa shape index (κ3) is 3.40. The van der Waals surface area contributed by atoms with E-state index in [1.807, 2.05) is 12.1 Å². The number of methoxy groups -OCH3 is 1. The first kappa shape index (κ1) is 16.1. The number of thiazole rings is 1.